The van der Waals surface area contributed by atoms with Crippen molar-refractivity contribution in [3.63, 3.8) is 0 Å². The van der Waals surface area contributed by atoms with Crippen molar-refractivity contribution in [3.05, 3.63) is 24.3 Å². The average Bonchev–Trinajstić information content (AvgIpc) is 2.14. The van der Waals surface area contributed by atoms with Crippen LogP contribution in [0.5, 0.6) is 5.75 Å². The molecule has 78 valence electrons. The van der Waals surface area contributed by atoms with Gasteiger partial charge in [-0.1, -0.05) is 12.1 Å². The van der Waals surface area contributed by atoms with E-state index in [4.69, 9.17) is 9.88 Å². The van der Waals surface area contributed by atoms with Gasteiger partial charge in [0.1, 0.15) is 28.9 Å². The minimum atomic E-state index is -3.72. The third-order valence-corrected chi connectivity index (χ3v) is 2.61. The zero-order valence-electron chi connectivity index (χ0n) is 7.34. The fourth-order valence-electron chi connectivity index (χ4n) is 0.956. The average molecular weight is 237 g/mol. The van der Waals surface area contributed by atoms with Crippen molar-refractivity contribution in [1.29, 1.82) is 0 Å². The van der Waals surface area contributed by atoms with Crippen molar-refractivity contribution < 1.29 is 24.8 Å². The summed E-state index contributed by atoms with van der Waals surface area (Å²) < 4.78 is 27.3. The van der Waals surface area contributed by atoms with Crippen molar-refractivity contribution >= 4 is 10.0 Å². The molecule has 0 aliphatic carbocycles. The van der Waals surface area contributed by atoms with Crippen LogP contribution >= 0.6 is 0 Å². The van der Waals surface area contributed by atoms with Crippen molar-refractivity contribution in [3.8, 4) is 5.75 Å². The van der Waals surface area contributed by atoms with Crippen LogP contribution in [0.2, 0.25) is 0 Å². The first kappa shape index (κ1) is 11.3. The predicted molar refractivity (Wildman–Crippen MR) is 49.6 cm³/mol. The molecule has 0 amide bonds. The molecule has 0 aromatic heterocycles. The molecule has 0 aliphatic heterocycles. The second kappa shape index (κ2) is 4.63. The van der Waals surface area contributed by atoms with Crippen LogP contribution < -0.4 is 9.88 Å². The number of benzene rings is 1. The van der Waals surface area contributed by atoms with Gasteiger partial charge in [0.25, 0.3) is 0 Å². The van der Waals surface area contributed by atoms with E-state index in [9.17, 15) is 8.42 Å². The number of hydrogen-bond donors (Lipinski definition) is 1. The fraction of sp³-hybridized carbons (Fsp3) is 0.250. The van der Waals surface area contributed by atoms with Crippen LogP contribution in [-0.2, 0) is 10.0 Å². The van der Waals surface area contributed by atoms with E-state index in [0.717, 1.165) is 0 Å². The molecule has 0 saturated heterocycles. The standard InChI is InChI=1S/C8H11ClNO3S/c9-5-6-13-7-3-1-2-4-8(7)14(10,11)12/h1-4,9H,5-6H2,(H2,10,11,12)/q+1. The van der Waals surface area contributed by atoms with E-state index >= 15 is 0 Å². The zero-order valence-corrected chi connectivity index (χ0v) is 8.98. The van der Waals surface area contributed by atoms with Crippen LogP contribution in [0.15, 0.2) is 29.2 Å². The van der Waals surface area contributed by atoms with E-state index in [1.54, 1.807) is 18.2 Å². The highest BCUT2D eigenvalue weighted by atomic mass is 35.5. The van der Waals surface area contributed by atoms with Crippen LogP contribution in [-0.4, -0.2) is 20.9 Å². The summed E-state index contributed by atoms with van der Waals surface area (Å²) in [6.45, 7) is 0.294. The quantitative estimate of drug-likeness (QED) is 0.748. The van der Waals surface area contributed by atoms with E-state index in [1.165, 1.54) is 6.07 Å². The smallest absolute Gasteiger partial charge is 0.241 e. The Labute approximate surface area is 87.7 Å². The molecule has 0 fully saturated rings. The number of sulfonamides is 1. The first-order valence-electron chi connectivity index (χ1n) is 3.88. The Morgan fingerprint density at radius 1 is 1.36 bits per heavy atom. The van der Waals surface area contributed by atoms with E-state index in [2.05, 4.69) is 11.6 Å². The molecule has 1 aromatic rings. The minimum Gasteiger partial charge on any atom is -0.486 e. The molecule has 0 unspecified atom stereocenters. The maximum absolute atomic E-state index is 11.1. The second-order valence-corrected chi connectivity index (χ2v) is 4.48. The largest absolute Gasteiger partial charge is 0.486 e. The van der Waals surface area contributed by atoms with Gasteiger partial charge in [-0.05, 0) is 12.1 Å². The van der Waals surface area contributed by atoms with Crippen LogP contribution in [0.4, 0.5) is 0 Å². The summed E-state index contributed by atoms with van der Waals surface area (Å²) in [5, 5.41) is 5.00. The van der Waals surface area contributed by atoms with E-state index in [-0.39, 0.29) is 10.6 Å². The Hall–Kier alpha value is -0.780. The number of primary sulfonamides is 1. The highest BCUT2D eigenvalue weighted by Crippen LogP contribution is 2.21. The number of nitrogens with two attached hydrogens (primary N) is 1. The monoisotopic (exact) mass is 236 g/mol. The molecular weight excluding hydrogens is 226 g/mol. The highest BCUT2D eigenvalue weighted by Gasteiger charge is 2.13. The minimum absolute atomic E-state index is 0.0107. The molecule has 0 atom stereocenters. The summed E-state index contributed by atoms with van der Waals surface area (Å²) in [7, 11) is -3.72. The first-order chi connectivity index (χ1) is 6.55. The topological polar surface area (TPSA) is 69.4 Å². The molecule has 1 aromatic carbocycles. The van der Waals surface area contributed by atoms with Gasteiger partial charge in [0.2, 0.25) is 15.9 Å². The second-order valence-electron chi connectivity index (χ2n) is 2.54. The summed E-state index contributed by atoms with van der Waals surface area (Å²) in [6.07, 6.45) is 0. The number of alkyl halides is 1. The van der Waals surface area contributed by atoms with Crippen LogP contribution in [0, 0.1) is 11.6 Å². The lowest BCUT2D eigenvalue weighted by molar-refractivity contribution is -0.371. The molecule has 0 heterocycles. The van der Waals surface area contributed by atoms with Crippen LogP contribution in [0.3, 0.4) is 0 Å². The fourth-order valence-corrected chi connectivity index (χ4v) is 1.72. The Bertz CT molecular complexity index is 405. The first-order valence-corrected chi connectivity index (χ1v) is 6.01. The number of para-hydroxylation sites is 1. The normalized spacial score (nSPS) is 11.3. The lowest BCUT2D eigenvalue weighted by Gasteiger charge is -2.06. The summed E-state index contributed by atoms with van der Waals surface area (Å²) in [5.41, 5.74) is 0. The van der Waals surface area contributed by atoms with Crippen molar-refractivity contribution in [2.24, 2.45) is 5.14 Å². The van der Waals surface area contributed by atoms with Gasteiger partial charge in [-0.15, -0.1) is 0 Å². The lowest BCUT2D eigenvalue weighted by Crippen LogP contribution is -2.14. The van der Waals surface area contributed by atoms with Gasteiger partial charge in [0.05, 0.1) is 0 Å². The number of hydrogen-bond acceptors (Lipinski definition) is 3. The van der Waals surface area contributed by atoms with Crippen molar-refractivity contribution in [2.75, 3.05) is 12.5 Å². The van der Waals surface area contributed by atoms with E-state index in [1.807, 2.05) is 0 Å². The van der Waals surface area contributed by atoms with Gasteiger partial charge in [-0.25, -0.2) is 13.6 Å². The van der Waals surface area contributed by atoms with Gasteiger partial charge >= 0.3 is 0 Å². The molecule has 0 radical (unpaired) electrons. The molecule has 14 heavy (non-hydrogen) atoms. The molecular formula is C8H11ClNO3S+. The van der Waals surface area contributed by atoms with Crippen LogP contribution in [0.1, 0.15) is 0 Å². The summed E-state index contributed by atoms with van der Waals surface area (Å²) >= 11 is 4.68. The number of halogens is 1. The van der Waals surface area contributed by atoms with E-state index in [0.29, 0.717) is 12.5 Å². The van der Waals surface area contributed by atoms with Crippen LogP contribution in [0.25, 0.3) is 0 Å². The van der Waals surface area contributed by atoms with Gasteiger partial charge in [0, 0.05) is 0 Å². The Morgan fingerprint density at radius 2 is 2.00 bits per heavy atom. The molecule has 0 aliphatic rings. The van der Waals surface area contributed by atoms with Gasteiger partial charge in [0.15, 0.2) is 0 Å². The Kier molecular flexibility index (Phi) is 3.74. The Morgan fingerprint density at radius 3 is 2.57 bits per heavy atom. The highest BCUT2D eigenvalue weighted by molar-refractivity contribution is 7.89. The molecule has 0 spiro atoms. The molecule has 6 heteroatoms. The lowest BCUT2D eigenvalue weighted by atomic mass is 10.3. The maximum atomic E-state index is 11.1. The summed E-state index contributed by atoms with van der Waals surface area (Å²) in [6, 6.07) is 6.20. The SMILES string of the molecule is NS(=O)(=O)c1ccccc1OCC[ClH+]. The van der Waals surface area contributed by atoms with Gasteiger partial charge in [-0.2, -0.15) is 0 Å². The molecule has 2 N–H and O–H groups in total. The predicted octanol–water partition coefficient (Wildman–Crippen LogP) is -0.00560. The zero-order chi connectivity index (χ0) is 10.6. The molecule has 4 nitrogen and oxygen atoms in total. The van der Waals surface area contributed by atoms with Crippen molar-refractivity contribution in [1.82, 2.24) is 0 Å². The van der Waals surface area contributed by atoms with Gasteiger partial charge in [-0.3, -0.25) is 0 Å². The third-order valence-electron chi connectivity index (χ3n) is 1.50. The van der Waals surface area contributed by atoms with Gasteiger partial charge < -0.3 is 4.74 Å². The van der Waals surface area contributed by atoms with Crippen molar-refractivity contribution in [2.45, 2.75) is 4.90 Å². The third kappa shape index (κ3) is 2.87. The molecule has 1 rings (SSSR count). The molecule has 0 bridgehead atoms. The molecule has 0 saturated carbocycles. The number of rotatable bonds is 4. The summed E-state index contributed by atoms with van der Waals surface area (Å²) in [5.74, 6) is 0.652. The number of ether oxygens (including phenoxy) is 1. The Balaban J connectivity index is 3.04. The maximum Gasteiger partial charge on any atom is 0.241 e. The summed E-state index contributed by atoms with van der Waals surface area (Å²) in [4.78, 5) is -0.0107. The van der Waals surface area contributed by atoms with E-state index < -0.39 is 10.0 Å².